The Morgan fingerprint density at radius 3 is 2.62 bits per heavy atom. The van der Waals surface area contributed by atoms with Crippen molar-refractivity contribution in [1.29, 1.82) is 0 Å². The first-order chi connectivity index (χ1) is 7.43. The quantitative estimate of drug-likeness (QED) is 0.711. The molecule has 0 radical (unpaired) electrons. The molecule has 0 aliphatic carbocycles. The Labute approximate surface area is 91.1 Å². The van der Waals surface area contributed by atoms with Crippen LogP contribution in [0, 0.1) is 5.82 Å². The van der Waals surface area contributed by atoms with Crippen LogP contribution >= 0.6 is 0 Å². The SMILES string of the molecule is C[C@@H](N)C(=O)Nc1c(F)cccc1C(=O)O. The summed E-state index contributed by atoms with van der Waals surface area (Å²) in [5.74, 6) is -2.78. The van der Waals surface area contributed by atoms with Crippen molar-refractivity contribution in [2.24, 2.45) is 5.73 Å². The smallest absolute Gasteiger partial charge is 0.337 e. The van der Waals surface area contributed by atoms with E-state index in [-0.39, 0.29) is 11.3 Å². The van der Waals surface area contributed by atoms with Gasteiger partial charge in [0.15, 0.2) is 0 Å². The first-order valence-corrected chi connectivity index (χ1v) is 4.51. The van der Waals surface area contributed by atoms with Crippen LogP contribution in [0.25, 0.3) is 0 Å². The molecule has 1 atom stereocenters. The highest BCUT2D eigenvalue weighted by Gasteiger charge is 2.17. The molecule has 0 bridgehead atoms. The van der Waals surface area contributed by atoms with Gasteiger partial charge in [0.25, 0.3) is 0 Å². The van der Waals surface area contributed by atoms with E-state index in [2.05, 4.69) is 5.32 Å². The van der Waals surface area contributed by atoms with Crippen LogP contribution in [0.1, 0.15) is 17.3 Å². The fourth-order valence-corrected chi connectivity index (χ4v) is 1.07. The molecule has 86 valence electrons. The Bertz CT molecular complexity index is 432. The number of hydrogen-bond donors (Lipinski definition) is 3. The number of para-hydroxylation sites is 1. The van der Waals surface area contributed by atoms with Gasteiger partial charge in [-0.1, -0.05) is 6.07 Å². The van der Waals surface area contributed by atoms with Gasteiger partial charge in [-0.15, -0.1) is 0 Å². The van der Waals surface area contributed by atoms with Crippen molar-refractivity contribution in [3.8, 4) is 0 Å². The van der Waals surface area contributed by atoms with Gasteiger partial charge in [0, 0.05) is 0 Å². The van der Waals surface area contributed by atoms with E-state index in [1.165, 1.54) is 19.1 Å². The fraction of sp³-hybridized carbons (Fsp3) is 0.200. The van der Waals surface area contributed by atoms with Crippen LogP contribution in [0.15, 0.2) is 18.2 Å². The Morgan fingerprint density at radius 1 is 1.50 bits per heavy atom. The number of aromatic carboxylic acids is 1. The third kappa shape index (κ3) is 2.54. The average Bonchev–Trinajstić information content (AvgIpc) is 2.20. The summed E-state index contributed by atoms with van der Waals surface area (Å²) in [6, 6.07) is 2.66. The van der Waals surface area contributed by atoms with Crippen molar-refractivity contribution in [2.45, 2.75) is 13.0 Å². The Kier molecular flexibility index (Phi) is 3.57. The number of anilines is 1. The molecule has 4 N–H and O–H groups in total. The second kappa shape index (κ2) is 4.71. The summed E-state index contributed by atoms with van der Waals surface area (Å²) >= 11 is 0. The van der Waals surface area contributed by atoms with Gasteiger partial charge in [0.2, 0.25) is 5.91 Å². The maximum atomic E-state index is 13.3. The minimum Gasteiger partial charge on any atom is -0.478 e. The van der Waals surface area contributed by atoms with Crippen molar-refractivity contribution >= 4 is 17.6 Å². The van der Waals surface area contributed by atoms with Gasteiger partial charge < -0.3 is 16.2 Å². The molecule has 6 heteroatoms. The Balaban J connectivity index is 3.11. The van der Waals surface area contributed by atoms with Crippen LogP contribution in [0.3, 0.4) is 0 Å². The minimum atomic E-state index is -1.32. The third-order valence-corrected chi connectivity index (χ3v) is 1.91. The van der Waals surface area contributed by atoms with Crippen LogP contribution in [0.2, 0.25) is 0 Å². The summed E-state index contributed by atoms with van der Waals surface area (Å²) < 4.78 is 13.3. The van der Waals surface area contributed by atoms with E-state index >= 15 is 0 Å². The lowest BCUT2D eigenvalue weighted by Crippen LogP contribution is -2.33. The summed E-state index contributed by atoms with van der Waals surface area (Å²) in [7, 11) is 0. The molecule has 0 saturated carbocycles. The number of amides is 1. The summed E-state index contributed by atoms with van der Waals surface area (Å²) in [6.07, 6.45) is 0. The molecule has 0 aliphatic rings. The largest absolute Gasteiger partial charge is 0.478 e. The Hall–Kier alpha value is -1.95. The van der Waals surface area contributed by atoms with E-state index in [4.69, 9.17) is 10.8 Å². The predicted molar refractivity (Wildman–Crippen MR) is 55.6 cm³/mol. The lowest BCUT2D eigenvalue weighted by atomic mass is 10.1. The topological polar surface area (TPSA) is 92.4 Å². The van der Waals surface area contributed by atoms with Crippen LogP contribution in [-0.2, 0) is 4.79 Å². The van der Waals surface area contributed by atoms with Crippen molar-refractivity contribution in [1.82, 2.24) is 0 Å². The van der Waals surface area contributed by atoms with E-state index in [9.17, 15) is 14.0 Å². The molecule has 1 aromatic carbocycles. The number of carboxylic acid groups (broad SMARTS) is 1. The van der Waals surface area contributed by atoms with Gasteiger partial charge in [-0.05, 0) is 19.1 Å². The van der Waals surface area contributed by atoms with Crippen LogP contribution < -0.4 is 11.1 Å². The normalized spacial score (nSPS) is 11.9. The lowest BCUT2D eigenvalue weighted by molar-refractivity contribution is -0.117. The molecule has 1 rings (SSSR count). The highest BCUT2D eigenvalue weighted by Crippen LogP contribution is 2.19. The number of carbonyl (C=O) groups excluding carboxylic acids is 1. The lowest BCUT2D eigenvalue weighted by Gasteiger charge is -2.10. The molecule has 0 heterocycles. The van der Waals surface area contributed by atoms with Crippen molar-refractivity contribution in [3.05, 3.63) is 29.6 Å². The number of hydrogen-bond acceptors (Lipinski definition) is 3. The average molecular weight is 226 g/mol. The zero-order valence-corrected chi connectivity index (χ0v) is 8.53. The highest BCUT2D eigenvalue weighted by atomic mass is 19.1. The first kappa shape index (κ1) is 12.1. The number of nitrogens with two attached hydrogens (primary N) is 1. The molecule has 0 fully saturated rings. The number of rotatable bonds is 3. The summed E-state index contributed by atoms with van der Waals surface area (Å²) in [5.41, 5.74) is 4.60. The molecular weight excluding hydrogens is 215 g/mol. The summed E-state index contributed by atoms with van der Waals surface area (Å²) in [6.45, 7) is 1.41. The van der Waals surface area contributed by atoms with E-state index in [1.54, 1.807) is 0 Å². The molecule has 16 heavy (non-hydrogen) atoms. The van der Waals surface area contributed by atoms with Gasteiger partial charge >= 0.3 is 5.97 Å². The number of carbonyl (C=O) groups is 2. The van der Waals surface area contributed by atoms with E-state index in [0.717, 1.165) is 6.07 Å². The van der Waals surface area contributed by atoms with Crippen LogP contribution in [0.4, 0.5) is 10.1 Å². The molecule has 0 spiro atoms. The third-order valence-electron chi connectivity index (χ3n) is 1.91. The first-order valence-electron chi connectivity index (χ1n) is 4.51. The standard InChI is InChI=1S/C10H11FN2O3/c1-5(12)9(14)13-8-6(10(15)16)3-2-4-7(8)11/h2-5H,12H2,1H3,(H,13,14)(H,15,16)/t5-/m1/s1. The van der Waals surface area contributed by atoms with Crippen molar-refractivity contribution in [2.75, 3.05) is 5.32 Å². The second-order valence-corrected chi connectivity index (χ2v) is 3.25. The maximum Gasteiger partial charge on any atom is 0.337 e. The molecule has 0 aliphatic heterocycles. The molecule has 1 amide bonds. The highest BCUT2D eigenvalue weighted by molar-refractivity contribution is 6.02. The zero-order valence-electron chi connectivity index (χ0n) is 8.53. The molecular formula is C10H11FN2O3. The zero-order chi connectivity index (χ0) is 12.3. The number of carboxylic acids is 1. The number of halogens is 1. The molecule has 0 aromatic heterocycles. The van der Waals surface area contributed by atoms with Crippen LogP contribution in [0.5, 0.6) is 0 Å². The van der Waals surface area contributed by atoms with E-state index in [0.29, 0.717) is 0 Å². The second-order valence-electron chi connectivity index (χ2n) is 3.25. The molecule has 5 nitrogen and oxygen atoms in total. The molecule has 0 saturated heterocycles. The van der Waals surface area contributed by atoms with E-state index in [1.807, 2.05) is 0 Å². The number of benzene rings is 1. The Morgan fingerprint density at radius 2 is 2.12 bits per heavy atom. The number of nitrogens with one attached hydrogen (secondary N) is 1. The van der Waals surface area contributed by atoms with Gasteiger partial charge in [-0.25, -0.2) is 9.18 Å². The van der Waals surface area contributed by atoms with Gasteiger partial charge in [0.05, 0.1) is 17.3 Å². The molecule has 0 unspecified atom stereocenters. The summed E-state index contributed by atoms with van der Waals surface area (Å²) in [5, 5.41) is 10.9. The van der Waals surface area contributed by atoms with Crippen molar-refractivity contribution in [3.63, 3.8) is 0 Å². The molecule has 1 aromatic rings. The minimum absolute atomic E-state index is 0.311. The van der Waals surface area contributed by atoms with Crippen molar-refractivity contribution < 1.29 is 19.1 Å². The van der Waals surface area contributed by atoms with Gasteiger partial charge in [-0.3, -0.25) is 4.79 Å². The van der Waals surface area contributed by atoms with Crippen LogP contribution in [-0.4, -0.2) is 23.0 Å². The van der Waals surface area contributed by atoms with Gasteiger partial charge in [0.1, 0.15) is 5.82 Å². The summed E-state index contributed by atoms with van der Waals surface area (Å²) in [4.78, 5) is 22.0. The van der Waals surface area contributed by atoms with E-state index < -0.39 is 23.7 Å². The monoisotopic (exact) mass is 226 g/mol. The maximum absolute atomic E-state index is 13.3. The fourth-order valence-electron chi connectivity index (χ4n) is 1.07. The predicted octanol–water partition coefficient (Wildman–Crippen LogP) is 0.810. The van der Waals surface area contributed by atoms with Gasteiger partial charge in [-0.2, -0.15) is 0 Å².